The molecule has 0 saturated heterocycles. The number of carbonyl (C=O) groups is 1. The molecule has 0 saturated carbocycles. The lowest BCUT2D eigenvalue weighted by molar-refractivity contribution is -0.110. The second-order valence-electron chi connectivity index (χ2n) is 2.79. The van der Waals surface area contributed by atoms with E-state index in [9.17, 15) is 13.6 Å². The summed E-state index contributed by atoms with van der Waals surface area (Å²) < 4.78 is 24.3. The SMILES string of the molecule is CCC(=O)SCCCC(F)CCF. The monoisotopic (exact) mass is 210 g/mol. The first-order chi connectivity index (χ1) is 6.20. The molecule has 13 heavy (non-hydrogen) atoms. The Hall–Kier alpha value is -0.120. The van der Waals surface area contributed by atoms with Crippen LogP contribution in [0.15, 0.2) is 0 Å². The number of carbonyl (C=O) groups excluding carboxylic acids is 1. The second kappa shape index (κ2) is 8.48. The third kappa shape index (κ3) is 8.22. The number of hydrogen-bond acceptors (Lipinski definition) is 2. The van der Waals surface area contributed by atoms with Crippen LogP contribution in [-0.2, 0) is 4.79 Å². The van der Waals surface area contributed by atoms with Crippen LogP contribution in [0.4, 0.5) is 8.78 Å². The molecule has 0 aliphatic carbocycles. The summed E-state index contributed by atoms with van der Waals surface area (Å²) in [5, 5.41) is 0.140. The minimum atomic E-state index is -1.04. The Bertz CT molecular complexity index is 142. The zero-order valence-corrected chi connectivity index (χ0v) is 8.71. The average molecular weight is 210 g/mol. The second-order valence-corrected chi connectivity index (χ2v) is 3.94. The van der Waals surface area contributed by atoms with Gasteiger partial charge in [-0.2, -0.15) is 0 Å². The maximum Gasteiger partial charge on any atom is 0.188 e. The molecule has 0 aliphatic heterocycles. The van der Waals surface area contributed by atoms with Crippen LogP contribution in [0.1, 0.15) is 32.6 Å². The van der Waals surface area contributed by atoms with Gasteiger partial charge in [0.15, 0.2) is 5.12 Å². The van der Waals surface area contributed by atoms with Crippen molar-refractivity contribution in [1.82, 2.24) is 0 Å². The van der Waals surface area contributed by atoms with Gasteiger partial charge in [0, 0.05) is 18.6 Å². The highest BCUT2D eigenvalue weighted by molar-refractivity contribution is 8.13. The van der Waals surface area contributed by atoms with Crippen molar-refractivity contribution in [3.8, 4) is 0 Å². The van der Waals surface area contributed by atoms with Crippen molar-refractivity contribution < 1.29 is 13.6 Å². The van der Waals surface area contributed by atoms with Gasteiger partial charge in [0.25, 0.3) is 0 Å². The van der Waals surface area contributed by atoms with E-state index in [4.69, 9.17) is 0 Å². The molecule has 0 radical (unpaired) electrons. The van der Waals surface area contributed by atoms with Gasteiger partial charge >= 0.3 is 0 Å². The quantitative estimate of drug-likeness (QED) is 0.600. The van der Waals surface area contributed by atoms with Crippen LogP contribution in [0, 0.1) is 0 Å². The molecule has 0 aromatic heterocycles. The molecule has 0 aliphatic rings. The summed E-state index contributed by atoms with van der Waals surface area (Å²) in [6, 6.07) is 0. The normalized spacial score (nSPS) is 12.8. The van der Waals surface area contributed by atoms with Crippen molar-refractivity contribution in [1.29, 1.82) is 0 Å². The first kappa shape index (κ1) is 12.9. The zero-order valence-electron chi connectivity index (χ0n) is 7.89. The number of thioether (sulfide) groups is 1. The standard InChI is InChI=1S/C9H16F2OS/c1-2-9(12)13-7-3-4-8(11)5-6-10/h8H,2-7H2,1H3. The van der Waals surface area contributed by atoms with Crippen LogP contribution >= 0.6 is 11.8 Å². The molecule has 0 amide bonds. The lowest BCUT2D eigenvalue weighted by atomic mass is 10.2. The summed E-state index contributed by atoms with van der Waals surface area (Å²) in [5.74, 6) is 0.652. The summed E-state index contributed by atoms with van der Waals surface area (Å²) in [6.45, 7) is 1.21. The molecule has 0 bridgehead atoms. The number of alkyl halides is 2. The fourth-order valence-electron chi connectivity index (χ4n) is 0.856. The van der Waals surface area contributed by atoms with Crippen LogP contribution in [0.2, 0.25) is 0 Å². The van der Waals surface area contributed by atoms with E-state index in [1.807, 2.05) is 0 Å². The van der Waals surface area contributed by atoms with Gasteiger partial charge in [0.1, 0.15) is 6.17 Å². The highest BCUT2D eigenvalue weighted by atomic mass is 32.2. The smallest absolute Gasteiger partial charge is 0.188 e. The largest absolute Gasteiger partial charge is 0.287 e. The highest BCUT2D eigenvalue weighted by Gasteiger charge is 2.06. The van der Waals surface area contributed by atoms with Crippen molar-refractivity contribution in [2.75, 3.05) is 12.4 Å². The van der Waals surface area contributed by atoms with E-state index in [2.05, 4.69) is 0 Å². The first-order valence-electron chi connectivity index (χ1n) is 4.56. The minimum absolute atomic E-state index is 0.00755. The van der Waals surface area contributed by atoms with Crippen LogP contribution in [0.3, 0.4) is 0 Å². The lowest BCUT2D eigenvalue weighted by Crippen LogP contribution is -2.02. The Morgan fingerprint density at radius 1 is 1.46 bits per heavy atom. The van der Waals surface area contributed by atoms with Crippen molar-refractivity contribution >= 4 is 16.9 Å². The molecule has 0 spiro atoms. The summed E-state index contributed by atoms with van der Waals surface area (Å²) in [5.41, 5.74) is 0. The average Bonchev–Trinajstić information content (AvgIpc) is 2.12. The van der Waals surface area contributed by atoms with Crippen molar-refractivity contribution in [3.63, 3.8) is 0 Å². The van der Waals surface area contributed by atoms with E-state index in [0.717, 1.165) is 0 Å². The maximum atomic E-state index is 12.7. The van der Waals surface area contributed by atoms with Gasteiger partial charge in [0.05, 0.1) is 6.67 Å². The number of hydrogen-bond donors (Lipinski definition) is 0. The van der Waals surface area contributed by atoms with E-state index in [0.29, 0.717) is 25.0 Å². The molecule has 78 valence electrons. The first-order valence-corrected chi connectivity index (χ1v) is 5.55. The Labute approximate surface area is 82.3 Å². The Balaban J connectivity index is 3.20. The predicted octanol–water partition coefficient (Wildman–Crippen LogP) is 3.13. The summed E-state index contributed by atoms with van der Waals surface area (Å²) in [7, 11) is 0. The van der Waals surface area contributed by atoms with Gasteiger partial charge in [-0.15, -0.1) is 0 Å². The van der Waals surface area contributed by atoms with Crippen molar-refractivity contribution in [3.05, 3.63) is 0 Å². The van der Waals surface area contributed by atoms with Crippen LogP contribution < -0.4 is 0 Å². The Kier molecular flexibility index (Phi) is 8.40. The molecule has 1 nitrogen and oxygen atoms in total. The van der Waals surface area contributed by atoms with Gasteiger partial charge in [-0.1, -0.05) is 18.7 Å². The van der Waals surface area contributed by atoms with E-state index < -0.39 is 12.8 Å². The van der Waals surface area contributed by atoms with Gasteiger partial charge in [-0.3, -0.25) is 9.18 Å². The molecule has 0 N–H and O–H groups in total. The maximum absolute atomic E-state index is 12.7. The third-order valence-corrected chi connectivity index (χ3v) is 2.74. The van der Waals surface area contributed by atoms with Gasteiger partial charge in [-0.25, -0.2) is 4.39 Å². The van der Waals surface area contributed by atoms with Gasteiger partial charge in [-0.05, 0) is 12.8 Å². The molecular formula is C9H16F2OS. The lowest BCUT2D eigenvalue weighted by Gasteiger charge is -2.04. The van der Waals surface area contributed by atoms with Crippen LogP contribution in [0.25, 0.3) is 0 Å². The van der Waals surface area contributed by atoms with E-state index in [-0.39, 0.29) is 11.5 Å². The number of rotatable bonds is 7. The predicted molar refractivity (Wildman–Crippen MR) is 52.5 cm³/mol. The van der Waals surface area contributed by atoms with E-state index >= 15 is 0 Å². The fraction of sp³-hybridized carbons (Fsp3) is 0.889. The summed E-state index contributed by atoms with van der Waals surface area (Å²) in [4.78, 5) is 10.8. The molecule has 0 rings (SSSR count). The molecule has 0 aromatic carbocycles. The Morgan fingerprint density at radius 2 is 2.15 bits per heavy atom. The molecule has 0 aromatic rings. The van der Waals surface area contributed by atoms with Crippen LogP contribution in [-0.4, -0.2) is 23.7 Å². The zero-order chi connectivity index (χ0) is 10.1. The Morgan fingerprint density at radius 3 is 2.69 bits per heavy atom. The minimum Gasteiger partial charge on any atom is -0.287 e. The summed E-state index contributed by atoms with van der Waals surface area (Å²) >= 11 is 1.24. The molecule has 1 atom stereocenters. The van der Waals surface area contributed by atoms with E-state index in [1.54, 1.807) is 6.92 Å². The highest BCUT2D eigenvalue weighted by Crippen LogP contribution is 2.12. The molecule has 1 unspecified atom stereocenters. The summed E-state index contributed by atoms with van der Waals surface area (Å²) in [6.07, 6.45) is 0.494. The molecule has 0 fully saturated rings. The number of halogens is 2. The molecule has 4 heteroatoms. The van der Waals surface area contributed by atoms with Crippen molar-refractivity contribution in [2.24, 2.45) is 0 Å². The molecular weight excluding hydrogens is 194 g/mol. The fourth-order valence-corrected chi connectivity index (χ4v) is 1.60. The van der Waals surface area contributed by atoms with E-state index in [1.165, 1.54) is 11.8 Å². The van der Waals surface area contributed by atoms with Crippen LogP contribution in [0.5, 0.6) is 0 Å². The third-order valence-electron chi connectivity index (χ3n) is 1.64. The van der Waals surface area contributed by atoms with Crippen molar-refractivity contribution in [2.45, 2.75) is 38.8 Å². The van der Waals surface area contributed by atoms with Gasteiger partial charge < -0.3 is 0 Å². The topological polar surface area (TPSA) is 17.1 Å². The van der Waals surface area contributed by atoms with Gasteiger partial charge in [0.2, 0.25) is 0 Å². The molecule has 0 heterocycles.